The van der Waals surface area contributed by atoms with E-state index in [-0.39, 0.29) is 6.04 Å². The van der Waals surface area contributed by atoms with E-state index in [1.807, 2.05) is 7.05 Å². The molecule has 88 valence electrons. The number of imidazole rings is 1. The maximum atomic E-state index is 10.9. The Morgan fingerprint density at radius 3 is 3.00 bits per heavy atom. The molecule has 2 unspecified atom stereocenters. The first-order chi connectivity index (χ1) is 7.67. The lowest BCUT2D eigenvalue weighted by atomic mass is 10.1. The highest BCUT2D eigenvalue weighted by Crippen LogP contribution is 2.42. The van der Waals surface area contributed by atoms with Crippen LogP contribution in [0, 0.1) is 4.91 Å². The van der Waals surface area contributed by atoms with Crippen LogP contribution in [-0.2, 0) is 13.5 Å². The molecule has 0 aliphatic carbocycles. The normalized spacial score (nSPS) is 24.2. The second kappa shape index (κ2) is 4.57. The largest absolute Gasteiger partial charge is 0.332 e. The molecule has 0 bridgehead atoms. The second-order valence-electron chi connectivity index (χ2n) is 4.31. The third kappa shape index (κ3) is 1.88. The molecule has 0 saturated carbocycles. The molecule has 1 aromatic heterocycles. The lowest BCUT2D eigenvalue weighted by Crippen LogP contribution is -2.14. The van der Waals surface area contributed by atoms with E-state index in [1.165, 1.54) is 0 Å². The number of rotatable bonds is 3. The summed E-state index contributed by atoms with van der Waals surface area (Å²) in [5, 5.41) is 4.69. The predicted molar refractivity (Wildman–Crippen MR) is 65.7 cm³/mol. The van der Waals surface area contributed by atoms with Crippen LogP contribution >= 0.6 is 11.8 Å². The van der Waals surface area contributed by atoms with Crippen LogP contribution < -0.4 is 0 Å². The summed E-state index contributed by atoms with van der Waals surface area (Å²) in [5.74, 6) is 1.07. The maximum absolute atomic E-state index is 10.9. The zero-order valence-electron chi connectivity index (χ0n) is 9.93. The van der Waals surface area contributed by atoms with Crippen molar-refractivity contribution in [1.29, 1.82) is 0 Å². The molecule has 5 heteroatoms. The number of hydrogen-bond acceptors (Lipinski definition) is 4. The molecule has 1 aliphatic rings. The summed E-state index contributed by atoms with van der Waals surface area (Å²) >= 11 is 1.76. The molecule has 1 aromatic rings. The van der Waals surface area contributed by atoms with Gasteiger partial charge in [-0.1, -0.05) is 19.0 Å². The standard InChI is InChI=1S/C11H17N3OS/c1-4-5-9-12-11-10(14(9)3)8(13-15)6-7(2)16-11/h7-8H,4-6H2,1-3H3. The van der Waals surface area contributed by atoms with Gasteiger partial charge in [-0.3, -0.25) is 0 Å². The highest BCUT2D eigenvalue weighted by atomic mass is 32.2. The van der Waals surface area contributed by atoms with Gasteiger partial charge in [0.1, 0.15) is 16.9 Å². The number of nitroso groups, excluding NO2 is 1. The number of nitrogens with zero attached hydrogens (tertiary/aromatic N) is 3. The number of fused-ring (bicyclic) bond motifs is 1. The van der Waals surface area contributed by atoms with Crippen LogP contribution in [0.2, 0.25) is 0 Å². The maximum Gasteiger partial charge on any atom is 0.136 e. The Morgan fingerprint density at radius 1 is 1.62 bits per heavy atom. The molecule has 0 amide bonds. The van der Waals surface area contributed by atoms with Crippen LogP contribution in [0.5, 0.6) is 0 Å². The van der Waals surface area contributed by atoms with Crippen LogP contribution in [0.4, 0.5) is 0 Å². The predicted octanol–water partition coefficient (Wildman–Crippen LogP) is 3.06. The SMILES string of the molecule is CCCc1nc2c(n1C)C(N=O)CC(C)S2. The number of aryl methyl sites for hydroxylation is 1. The molecule has 2 rings (SSSR count). The van der Waals surface area contributed by atoms with Crippen molar-refractivity contribution in [3.63, 3.8) is 0 Å². The van der Waals surface area contributed by atoms with Crippen molar-refractivity contribution in [3.05, 3.63) is 16.4 Å². The van der Waals surface area contributed by atoms with Crippen molar-refractivity contribution in [2.24, 2.45) is 12.2 Å². The molecule has 2 heterocycles. The number of hydrogen-bond donors (Lipinski definition) is 0. The van der Waals surface area contributed by atoms with E-state index < -0.39 is 0 Å². The molecule has 0 saturated heterocycles. The minimum absolute atomic E-state index is 0.214. The Balaban J connectivity index is 2.42. The molecule has 0 aromatic carbocycles. The van der Waals surface area contributed by atoms with Crippen LogP contribution in [0.1, 0.15) is 44.2 Å². The van der Waals surface area contributed by atoms with Gasteiger partial charge >= 0.3 is 0 Å². The molecule has 0 spiro atoms. The van der Waals surface area contributed by atoms with Crippen LogP contribution in [-0.4, -0.2) is 14.8 Å². The summed E-state index contributed by atoms with van der Waals surface area (Å²) in [7, 11) is 1.99. The third-order valence-corrected chi connectivity index (χ3v) is 4.10. The van der Waals surface area contributed by atoms with Crippen molar-refractivity contribution >= 4 is 11.8 Å². The Hall–Kier alpha value is -0.840. The Kier molecular flexibility index (Phi) is 3.33. The second-order valence-corrected chi connectivity index (χ2v) is 5.74. The lowest BCUT2D eigenvalue weighted by Gasteiger charge is -2.21. The first-order valence-corrected chi connectivity index (χ1v) is 6.60. The van der Waals surface area contributed by atoms with Gasteiger partial charge in [-0.25, -0.2) is 4.98 Å². The van der Waals surface area contributed by atoms with Crippen LogP contribution in [0.3, 0.4) is 0 Å². The number of aromatic nitrogens is 2. The Labute approximate surface area is 99.8 Å². The fourth-order valence-corrected chi connectivity index (χ4v) is 3.40. The zero-order chi connectivity index (χ0) is 11.7. The average Bonchev–Trinajstić information content (AvgIpc) is 2.55. The van der Waals surface area contributed by atoms with Gasteiger partial charge in [0.2, 0.25) is 0 Å². The molecule has 2 atom stereocenters. The van der Waals surface area contributed by atoms with Gasteiger partial charge in [-0.15, -0.1) is 11.8 Å². The quantitative estimate of drug-likeness (QED) is 0.762. The molecule has 0 fully saturated rings. The van der Waals surface area contributed by atoms with E-state index in [1.54, 1.807) is 11.8 Å². The Bertz CT molecular complexity index is 402. The molecule has 0 N–H and O–H groups in total. The fourth-order valence-electron chi connectivity index (χ4n) is 2.19. The first kappa shape index (κ1) is 11.6. The van der Waals surface area contributed by atoms with Gasteiger partial charge in [0.15, 0.2) is 0 Å². The van der Waals surface area contributed by atoms with Crippen molar-refractivity contribution in [3.8, 4) is 0 Å². The lowest BCUT2D eigenvalue weighted by molar-refractivity contribution is 0.574. The summed E-state index contributed by atoms with van der Waals surface area (Å²) in [5.41, 5.74) is 1.02. The van der Waals surface area contributed by atoms with Crippen molar-refractivity contribution < 1.29 is 0 Å². The van der Waals surface area contributed by atoms with E-state index >= 15 is 0 Å². The van der Waals surface area contributed by atoms with Gasteiger partial charge in [0, 0.05) is 18.7 Å². The van der Waals surface area contributed by atoms with E-state index in [2.05, 4.69) is 28.6 Å². The van der Waals surface area contributed by atoms with Gasteiger partial charge < -0.3 is 4.57 Å². The van der Waals surface area contributed by atoms with Crippen molar-refractivity contribution in [2.45, 2.75) is 49.4 Å². The van der Waals surface area contributed by atoms with E-state index in [0.29, 0.717) is 5.25 Å². The summed E-state index contributed by atoms with van der Waals surface area (Å²) in [6.45, 7) is 4.26. The van der Waals surface area contributed by atoms with Gasteiger partial charge in [-0.05, 0) is 12.8 Å². The smallest absolute Gasteiger partial charge is 0.136 e. The number of thioether (sulfide) groups is 1. The molecule has 0 radical (unpaired) electrons. The van der Waals surface area contributed by atoms with E-state index in [4.69, 9.17) is 0 Å². The molecule has 1 aliphatic heterocycles. The van der Waals surface area contributed by atoms with Crippen LogP contribution in [0.15, 0.2) is 10.2 Å². The molecular weight excluding hydrogens is 222 g/mol. The highest BCUT2D eigenvalue weighted by molar-refractivity contribution is 7.99. The topological polar surface area (TPSA) is 47.2 Å². The van der Waals surface area contributed by atoms with Gasteiger partial charge in [0.05, 0.1) is 5.69 Å². The van der Waals surface area contributed by atoms with E-state index in [0.717, 1.165) is 35.8 Å². The molecular formula is C11H17N3OS. The van der Waals surface area contributed by atoms with Crippen molar-refractivity contribution in [1.82, 2.24) is 9.55 Å². The summed E-state index contributed by atoms with van der Waals surface area (Å²) in [6, 6.07) is -0.214. The summed E-state index contributed by atoms with van der Waals surface area (Å²) in [6.07, 6.45) is 2.86. The molecule has 16 heavy (non-hydrogen) atoms. The fraction of sp³-hybridized carbons (Fsp3) is 0.727. The third-order valence-electron chi connectivity index (χ3n) is 2.98. The minimum atomic E-state index is -0.214. The van der Waals surface area contributed by atoms with Crippen LogP contribution in [0.25, 0.3) is 0 Å². The Morgan fingerprint density at radius 2 is 2.38 bits per heavy atom. The van der Waals surface area contributed by atoms with Gasteiger partial charge in [0.25, 0.3) is 0 Å². The monoisotopic (exact) mass is 239 g/mol. The first-order valence-electron chi connectivity index (χ1n) is 5.72. The minimum Gasteiger partial charge on any atom is -0.332 e. The summed E-state index contributed by atoms with van der Waals surface area (Å²) < 4.78 is 2.06. The van der Waals surface area contributed by atoms with Crippen molar-refractivity contribution in [2.75, 3.05) is 0 Å². The highest BCUT2D eigenvalue weighted by Gasteiger charge is 2.31. The average molecular weight is 239 g/mol. The van der Waals surface area contributed by atoms with Gasteiger partial charge in [-0.2, -0.15) is 4.91 Å². The summed E-state index contributed by atoms with van der Waals surface area (Å²) in [4.78, 5) is 15.5. The zero-order valence-corrected chi connectivity index (χ0v) is 10.8. The molecule has 4 nitrogen and oxygen atoms in total. The van der Waals surface area contributed by atoms with E-state index in [9.17, 15) is 4.91 Å².